The van der Waals surface area contributed by atoms with E-state index in [1.807, 2.05) is 4.98 Å². The second-order valence-corrected chi connectivity index (χ2v) is 10.5. The molecule has 0 bridgehead atoms. The summed E-state index contributed by atoms with van der Waals surface area (Å²) in [5.41, 5.74) is -1.78. The number of phosphoric ester groups is 2. The molecule has 0 amide bonds. The van der Waals surface area contributed by atoms with E-state index in [2.05, 4.69) is 13.4 Å². The summed E-state index contributed by atoms with van der Waals surface area (Å²) in [5, 5.41) is 58.4. The standard InChI is InChI=1S/C15H24N2O17P2.2Na/c18-3-5-8(20)10(22)12(24)14(32-5)33-36(28,29)34-35(26,27)30-4-6-9(21)11(23)13(31-6)17-2-1-7(19)16-15(17)25;;/h1-2,5-6,8-14,18,20-24H,3-4H2,(H,26,27)(H,28,29)(H,16,19,25);;/q;2*+1/p-2/t5-,6-,8-,9+,10+,11-,12-,13-,14-;;/m1../s1. The first-order valence-corrected chi connectivity index (χ1v) is 12.9. The van der Waals surface area contributed by atoms with E-state index in [-0.39, 0.29) is 59.1 Å². The van der Waals surface area contributed by atoms with Crippen LogP contribution in [0.15, 0.2) is 21.9 Å². The topological polar surface area (TPSA) is 303 Å². The van der Waals surface area contributed by atoms with Gasteiger partial charge in [-0.05, 0) is 0 Å². The van der Waals surface area contributed by atoms with Crippen molar-refractivity contribution < 1.29 is 132 Å². The van der Waals surface area contributed by atoms with E-state index in [9.17, 15) is 54.0 Å². The molecule has 2 fully saturated rings. The predicted molar refractivity (Wildman–Crippen MR) is 104 cm³/mol. The molecule has 2 aliphatic rings. The molecule has 206 valence electrons. The number of hydrogen-bond acceptors (Lipinski definition) is 17. The van der Waals surface area contributed by atoms with Gasteiger partial charge in [-0.15, -0.1) is 0 Å². The molecule has 0 aromatic carbocycles. The molecule has 3 rings (SSSR count). The van der Waals surface area contributed by atoms with Crippen LogP contribution in [0.4, 0.5) is 0 Å². The van der Waals surface area contributed by atoms with Gasteiger partial charge in [-0.3, -0.25) is 28.0 Å². The van der Waals surface area contributed by atoms with E-state index in [0.29, 0.717) is 4.57 Å². The van der Waals surface area contributed by atoms with Crippen LogP contribution in [0.1, 0.15) is 6.23 Å². The number of phosphoric acid groups is 2. The molecule has 2 aliphatic heterocycles. The van der Waals surface area contributed by atoms with Crippen molar-refractivity contribution in [2.24, 2.45) is 0 Å². The van der Waals surface area contributed by atoms with Gasteiger partial charge in [-0.2, -0.15) is 0 Å². The Balaban J connectivity index is 0.00000361. The number of aliphatic hydroxyl groups is 6. The number of aromatic amines is 1. The second-order valence-electron chi connectivity index (χ2n) is 7.64. The molecule has 38 heavy (non-hydrogen) atoms. The zero-order valence-electron chi connectivity index (χ0n) is 19.8. The maximum Gasteiger partial charge on any atom is 1.00 e. The van der Waals surface area contributed by atoms with Crippen molar-refractivity contribution in [3.05, 3.63) is 33.1 Å². The van der Waals surface area contributed by atoms with Crippen LogP contribution in [-0.4, -0.2) is 102 Å². The maximum absolute atomic E-state index is 12.0. The molecule has 1 aromatic rings. The van der Waals surface area contributed by atoms with Crippen LogP contribution in [0.2, 0.25) is 0 Å². The first kappa shape index (κ1) is 36.6. The van der Waals surface area contributed by atoms with E-state index >= 15 is 0 Å². The summed E-state index contributed by atoms with van der Waals surface area (Å²) >= 11 is 0. The number of ether oxygens (including phenoxy) is 2. The summed E-state index contributed by atoms with van der Waals surface area (Å²) in [6.07, 6.45) is -15.8. The molecular weight excluding hydrogens is 588 g/mol. The molecule has 1 aromatic heterocycles. The fourth-order valence-electron chi connectivity index (χ4n) is 3.34. The van der Waals surface area contributed by atoms with E-state index in [0.717, 1.165) is 12.3 Å². The Morgan fingerprint density at radius 2 is 1.53 bits per heavy atom. The molecule has 0 aliphatic carbocycles. The van der Waals surface area contributed by atoms with Crippen LogP contribution in [0.3, 0.4) is 0 Å². The summed E-state index contributed by atoms with van der Waals surface area (Å²) in [5.74, 6) is 0. The van der Waals surface area contributed by atoms with E-state index in [1.165, 1.54) is 0 Å². The molecule has 0 spiro atoms. The van der Waals surface area contributed by atoms with Gasteiger partial charge in [0, 0.05) is 12.3 Å². The third-order valence-electron chi connectivity index (χ3n) is 5.14. The number of aromatic nitrogens is 2. The van der Waals surface area contributed by atoms with Crippen molar-refractivity contribution in [1.29, 1.82) is 0 Å². The maximum atomic E-state index is 12.0. The van der Waals surface area contributed by atoms with Gasteiger partial charge in [-0.1, -0.05) is 0 Å². The molecule has 2 saturated heterocycles. The minimum Gasteiger partial charge on any atom is -0.756 e. The Labute approximate surface area is 256 Å². The Kier molecular flexibility index (Phi) is 14.2. The van der Waals surface area contributed by atoms with Crippen molar-refractivity contribution in [3.8, 4) is 0 Å². The molecular formula is C15H22N2Na2O17P2. The zero-order chi connectivity index (χ0) is 27.0. The minimum atomic E-state index is -5.90. The normalized spacial score (nSPS) is 36.4. The number of aliphatic hydroxyl groups excluding tert-OH is 6. The van der Waals surface area contributed by atoms with Gasteiger partial charge in [-0.25, -0.2) is 9.11 Å². The van der Waals surface area contributed by atoms with Gasteiger partial charge in [0.25, 0.3) is 21.2 Å². The average molecular weight is 610 g/mol. The molecule has 11 atom stereocenters. The smallest absolute Gasteiger partial charge is 0.756 e. The van der Waals surface area contributed by atoms with Crippen LogP contribution in [0.5, 0.6) is 0 Å². The molecule has 7 N–H and O–H groups in total. The van der Waals surface area contributed by atoms with Crippen molar-refractivity contribution in [2.45, 2.75) is 55.2 Å². The van der Waals surface area contributed by atoms with Gasteiger partial charge in [0.15, 0.2) is 12.5 Å². The molecule has 2 unspecified atom stereocenters. The quantitative estimate of drug-likeness (QED) is 0.101. The number of H-pyrrole nitrogens is 1. The minimum absolute atomic E-state index is 0. The fraction of sp³-hybridized carbons (Fsp3) is 0.733. The molecule has 0 saturated carbocycles. The van der Waals surface area contributed by atoms with Crippen LogP contribution >= 0.6 is 15.6 Å². The number of nitrogens with one attached hydrogen (secondary N) is 1. The van der Waals surface area contributed by atoms with Crippen molar-refractivity contribution in [1.82, 2.24) is 9.55 Å². The van der Waals surface area contributed by atoms with Crippen LogP contribution in [0.25, 0.3) is 0 Å². The average Bonchev–Trinajstić information content (AvgIpc) is 3.06. The SMILES string of the molecule is O=c1ccn([C@@H]2O[C@H](COP(=O)([O-])OP(=O)([O-])O[C@H]3O[C@H](CO)[C@@H](O)[C@H](O)[C@H]3O)[C@H](O)[C@H]2O)c(=O)[nH]1.[Na+].[Na+]. The summed E-state index contributed by atoms with van der Waals surface area (Å²) in [4.78, 5) is 48.9. The Bertz CT molecular complexity index is 1140. The predicted octanol–water partition coefficient (Wildman–Crippen LogP) is -12.0. The zero-order valence-corrected chi connectivity index (χ0v) is 25.6. The van der Waals surface area contributed by atoms with E-state index in [4.69, 9.17) is 14.6 Å². The Hall–Kier alpha value is 0.620. The van der Waals surface area contributed by atoms with Crippen LogP contribution < -0.4 is 80.2 Å². The summed E-state index contributed by atoms with van der Waals surface area (Å²) < 4.78 is 47.1. The summed E-state index contributed by atoms with van der Waals surface area (Å²) in [6, 6.07) is 0.911. The number of nitrogens with zero attached hydrogens (tertiary/aromatic N) is 1. The van der Waals surface area contributed by atoms with Gasteiger partial charge in [0.2, 0.25) is 0 Å². The Morgan fingerprint density at radius 3 is 2.11 bits per heavy atom. The van der Waals surface area contributed by atoms with E-state index in [1.54, 1.807) is 0 Å². The van der Waals surface area contributed by atoms with E-state index < -0.39 is 95.4 Å². The first-order valence-electron chi connectivity index (χ1n) is 9.96. The Morgan fingerprint density at radius 1 is 0.921 bits per heavy atom. The first-order chi connectivity index (χ1) is 16.7. The van der Waals surface area contributed by atoms with Crippen molar-refractivity contribution >= 4 is 15.6 Å². The third-order valence-corrected chi connectivity index (χ3v) is 7.67. The van der Waals surface area contributed by atoms with Crippen molar-refractivity contribution in [2.75, 3.05) is 13.2 Å². The summed E-state index contributed by atoms with van der Waals surface area (Å²) in [7, 11) is -11.7. The van der Waals surface area contributed by atoms with Crippen molar-refractivity contribution in [3.63, 3.8) is 0 Å². The van der Waals surface area contributed by atoms with Crippen LogP contribution in [-0.2, 0) is 32.0 Å². The third kappa shape index (κ3) is 8.81. The van der Waals surface area contributed by atoms with Gasteiger partial charge in [0.1, 0.15) is 42.7 Å². The van der Waals surface area contributed by atoms with Crippen LogP contribution in [0, 0.1) is 0 Å². The van der Waals surface area contributed by atoms with Gasteiger partial charge in [0.05, 0.1) is 13.2 Å². The monoisotopic (exact) mass is 610 g/mol. The van der Waals surface area contributed by atoms with Gasteiger partial charge >= 0.3 is 64.8 Å². The summed E-state index contributed by atoms with van der Waals surface area (Å²) in [6.45, 7) is -2.05. The molecule has 23 heteroatoms. The molecule has 3 heterocycles. The molecule has 19 nitrogen and oxygen atoms in total. The van der Waals surface area contributed by atoms with Gasteiger partial charge < -0.3 is 54.4 Å². The fourth-order valence-corrected chi connectivity index (χ4v) is 5.42. The number of hydrogen-bond donors (Lipinski definition) is 7. The molecule has 0 radical (unpaired) electrons. The largest absolute Gasteiger partial charge is 1.00 e. The second kappa shape index (κ2) is 14.7. The number of rotatable bonds is 9.